The van der Waals surface area contributed by atoms with Crippen LogP contribution >= 0.6 is 11.6 Å². The molecule has 0 amide bonds. The molecule has 0 bridgehead atoms. The van der Waals surface area contributed by atoms with Crippen molar-refractivity contribution < 1.29 is 4.79 Å². The van der Waals surface area contributed by atoms with E-state index in [1.165, 1.54) is 6.08 Å². The van der Waals surface area contributed by atoms with Gasteiger partial charge < -0.3 is 0 Å². The molecule has 1 aromatic rings. The first-order chi connectivity index (χ1) is 8.69. The minimum Gasteiger partial charge on any atom is -0.275 e. The summed E-state index contributed by atoms with van der Waals surface area (Å²) in [6, 6.07) is 10.7. The highest BCUT2D eigenvalue weighted by atomic mass is 35.5. The first-order valence-corrected chi connectivity index (χ1v) is 5.19. The van der Waals surface area contributed by atoms with E-state index in [1.54, 1.807) is 12.1 Å². The lowest BCUT2D eigenvalue weighted by Crippen LogP contribution is -1.93. The average molecular weight is 259 g/mol. The summed E-state index contributed by atoms with van der Waals surface area (Å²) in [5.74, 6) is 0. The molecule has 5 nitrogen and oxygen atoms in total. The molecule has 0 aliphatic heterocycles. The van der Waals surface area contributed by atoms with Crippen LogP contribution in [0.25, 0.3) is 16.5 Å². The van der Waals surface area contributed by atoms with Crippen LogP contribution in [-0.2, 0) is 4.79 Å². The Morgan fingerprint density at radius 1 is 1.44 bits per heavy atom. The van der Waals surface area contributed by atoms with E-state index in [0.717, 1.165) is 5.56 Å². The molecule has 6 heteroatoms. The normalized spacial score (nSPS) is 11.3. The molecule has 0 fully saturated rings. The molecule has 1 aromatic carbocycles. The Morgan fingerprint density at radius 3 is 2.61 bits per heavy atom. The predicted molar refractivity (Wildman–Crippen MR) is 68.1 cm³/mol. The summed E-state index contributed by atoms with van der Waals surface area (Å²) in [4.78, 5) is 13.5. The Labute approximate surface area is 108 Å². The summed E-state index contributed by atoms with van der Waals surface area (Å²) in [6.45, 7) is 0. The van der Waals surface area contributed by atoms with Gasteiger partial charge in [-0.15, -0.1) is 0 Å². The lowest BCUT2D eigenvalue weighted by atomic mass is 10.1. The summed E-state index contributed by atoms with van der Waals surface area (Å²) in [6.07, 6.45) is 2.98. The largest absolute Gasteiger partial charge is 0.275 e. The van der Waals surface area contributed by atoms with Crippen molar-refractivity contribution >= 4 is 22.9 Å². The quantitative estimate of drug-likeness (QED) is 0.157. The minimum atomic E-state index is -0.961. The van der Waals surface area contributed by atoms with Crippen LogP contribution in [0, 0.1) is 11.3 Å². The second-order valence-corrected chi connectivity index (χ2v) is 3.42. The molecule has 0 aromatic heterocycles. The van der Waals surface area contributed by atoms with E-state index in [9.17, 15) is 4.79 Å². The van der Waals surface area contributed by atoms with Crippen LogP contribution in [-0.4, -0.2) is 5.24 Å². The molecule has 0 atom stereocenters. The lowest BCUT2D eigenvalue weighted by Gasteiger charge is -1.95. The van der Waals surface area contributed by atoms with E-state index >= 15 is 0 Å². The first-order valence-electron chi connectivity index (χ1n) is 4.81. The second kappa shape index (κ2) is 6.92. The van der Waals surface area contributed by atoms with Gasteiger partial charge in [0, 0.05) is 4.91 Å². The molecule has 1 rings (SSSR count). The van der Waals surface area contributed by atoms with E-state index in [1.807, 2.05) is 30.3 Å². The summed E-state index contributed by atoms with van der Waals surface area (Å²) in [5.41, 5.74) is 8.73. The van der Waals surface area contributed by atoms with Crippen LogP contribution in [0.15, 0.2) is 52.8 Å². The summed E-state index contributed by atoms with van der Waals surface area (Å²) in [5, 5.41) is 11.1. The molecular formula is C12H7ClN4O. The zero-order valence-corrected chi connectivity index (χ0v) is 9.87. The number of benzene rings is 1. The predicted octanol–water partition coefficient (Wildman–Crippen LogP) is 3.55. The zero-order chi connectivity index (χ0) is 13.4. The summed E-state index contributed by atoms with van der Waals surface area (Å²) < 4.78 is 0. The topological polar surface area (TPSA) is 89.6 Å². The Balaban J connectivity index is 3.17. The number of halogens is 1. The van der Waals surface area contributed by atoms with Crippen molar-refractivity contribution in [2.45, 2.75) is 0 Å². The number of hydrogen-bond acceptors (Lipinski definition) is 3. The van der Waals surface area contributed by atoms with Gasteiger partial charge in [-0.1, -0.05) is 47.6 Å². The van der Waals surface area contributed by atoms with Crippen LogP contribution in [0.4, 0.5) is 0 Å². The standard InChI is InChI=1S/C12H7ClN4O/c13-12(18)10(8-14)11(16-17-15)7-6-9-4-2-1-3-5-9/h1-7H. The van der Waals surface area contributed by atoms with Crippen LogP contribution in [0.3, 0.4) is 0 Å². The lowest BCUT2D eigenvalue weighted by molar-refractivity contribution is -0.108. The number of allylic oxidation sites excluding steroid dienone is 2. The number of nitriles is 1. The maximum absolute atomic E-state index is 11.0. The average Bonchev–Trinajstić information content (AvgIpc) is 2.37. The number of carbonyl (C=O) groups excluding carboxylic acids is 1. The van der Waals surface area contributed by atoms with Crippen molar-refractivity contribution in [3.05, 3.63) is 63.7 Å². The number of azide groups is 1. The monoisotopic (exact) mass is 258 g/mol. The van der Waals surface area contributed by atoms with Crippen LogP contribution in [0.1, 0.15) is 5.56 Å². The molecule has 0 saturated carbocycles. The molecule has 0 unspecified atom stereocenters. The maximum atomic E-state index is 11.0. The molecule has 0 radical (unpaired) electrons. The van der Waals surface area contributed by atoms with Crippen LogP contribution < -0.4 is 0 Å². The van der Waals surface area contributed by atoms with Gasteiger partial charge in [-0.3, -0.25) is 4.79 Å². The van der Waals surface area contributed by atoms with Crippen molar-refractivity contribution in [2.24, 2.45) is 5.11 Å². The summed E-state index contributed by atoms with van der Waals surface area (Å²) in [7, 11) is 0. The third-order valence-corrected chi connectivity index (χ3v) is 2.14. The highest BCUT2D eigenvalue weighted by molar-refractivity contribution is 6.68. The third-order valence-electron chi connectivity index (χ3n) is 1.95. The van der Waals surface area contributed by atoms with E-state index in [0.29, 0.717) is 0 Å². The van der Waals surface area contributed by atoms with Gasteiger partial charge in [0.15, 0.2) is 0 Å². The molecule has 0 N–H and O–H groups in total. The smallest absolute Gasteiger partial charge is 0.263 e. The summed E-state index contributed by atoms with van der Waals surface area (Å²) >= 11 is 5.22. The Morgan fingerprint density at radius 2 is 2.11 bits per heavy atom. The van der Waals surface area contributed by atoms with Crippen molar-refractivity contribution in [1.29, 1.82) is 5.26 Å². The van der Waals surface area contributed by atoms with Gasteiger partial charge >= 0.3 is 0 Å². The van der Waals surface area contributed by atoms with Gasteiger partial charge in [0.05, 0.1) is 5.70 Å². The van der Waals surface area contributed by atoms with Crippen molar-refractivity contribution in [3.63, 3.8) is 0 Å². The van der Waals surface area contributed by atoms with Crippen LogP contribution in [0.5, 0.6) is 0 Å². The molecule has 0 aliphatic rings. The van der Waals surface area contributed by atoms with Gasteiger partial charge in [0.25, 0.3) is 5.24 Å². The Bertz CT molecular complexity index is 592. The van der Waals surface area contributed by atoms with Crippen molar-refractivity contribution in [3.8, 4) is 6.07 Å². The van der Waals surface area contributed by atoms with E-state index in [2.05, 4.69) is 10.0 Å². The van der Waals surface area contributed by atoms with Gasteiger partial charge in [-0.2, -0.15) is 5.26 Å². The van der Waals surface area contributed by atoms with Crippen molar-refractivity contribution in [1.82, 2.24) is 0 Å². The fraction of sp³-hybridized carbons (Fsp3) is 0. The first kappa shape index (κ1) is 13.5. The van der Waals surface area contributed by atoms with Gasteiger partial charge in [0.2, 0.25) is 0 Å². The highest BCUT2D eigenvalue weighted by Crippen LogP contribution is 2.13. The fourth-order valence-corrected chi connectivity index (χ4v) is 1.30. The maximum Gasteiger partial charge on any atom is 0.263 e. The minimum absolute atomic E-state index is 0.108. The molecule has 0 aliphatic carbocycles. The second-order valence-electron chi connectivity index (χ2n) is 3.08. The van der Waals surface area contributed by atoms with Gasteiger partial charge in [-0.25, -0.2) is 0 Å². The van der Waals surface area contributed by atoms with E-state index in [4.69, 9.17) is 22.4 Å². The molecular weight excluding hydrogens is 252 g/mol. The fourth-order valence-electron chi connectivity index (χ4n) is 1.16. The number of nitrogens with zero attached hydrogens (tertiary/aromatic N) is 4. The van der Waals surface area contributed by atoms with Gasteiger partial charge in [0.1, 0.15) is 11.6 Å². The van der Waals surface area contributed by atoms with E-state index < -0.39 is 5.24 Å². The molecule has 18 heavy (non-hydrogen) atoms. The van der Waals surface area contributed by atoms with Crippen molar-refractivity contribution in [2.75, 3.05) is 0 Å². The van der Waals surface area contributed by atoms with Crippen LogP contribution in [0.2, 0.25) is 0 Å². The molecule has 88 valence electrons. The number of carbonyl (C=O) groups is 1. The Hall–Kier alpha value is -2.54. The zero-order valence-electron chi connectivity index (χ0n) is 9.12. The number of rotatable bonds is 4. The highest BCUT2D eigenvalue weighted by Gasteiger charge is 2.09. The molecule has 0 saturated heterocycles. The molecule has 0 heterocycles. The van der Waals surface area contributed by atoms with E-state index in [-0.39, 0.29) is 11.3 Å². The third kappa shape index (κ3) is 3.80. The SMILES string of the molecule is N#CC(C(=O)Cl)=C(C=Cc1ccccc1)N=[N+]=[N-]. The Kier molecular flexibility index (Phi) is 5.20. The molecule has 0 spiro atoms. The van der Waals surface area contributed by atoms with Gasteiger partial charge in [-0.05, 0) is 22.7 Å². The number of hydrogen-bond donors (Lipinski definition) is 0.